The Labute approximate surface area is 191 Å². The van der Waals surface area contributed by atoms with E-state index in [0.717, 1.165) is 0 Å². The maximum Gasteiger partial charge on any atom is 0.271 e. The normalized spacial score (nSPS) is 13.5. The lowest BCUT2D eigenvalue weighted by Gasteiger charge is -2.35. The van der Waals surface area contributed by atoms with E-state index in [4.69, 9.17) is 14.2 Å². The second-order valence-electron chi connectivity index (χ2n) is 7.47. The first-order chi connectivity index (χ1) is 16.0. The zero-order valence-corrected chi connectivity index (χ0v) is 18.9. The van der Waals surface area contributed by atoms with E-state index in [2.05, 4.69) is 10.00 Å². The van der Waals surface area contributed by atoms with Gasteiger partial charge in [0.15, 0.2) is 11.5 Å². The number of piperazine rings is 1. The third-order valence-corrected chi connectivity index (χ3v) is 5.59. The zero-order valence-electron chi connectivity index (χ0n) is 18.9. The van der Waals surface area contributed by atoms with Gasteiger partial charge in [-0.15, -0.1) is 5.10 Å². The summed E-state index contributed by atoms with van der Waals surface area (Å²) < 4.78 is 17.5. The highest BCUT2D eigenvalue weighted by atomic mass is 16.5. The van der Waals surface area contributed by atoms with Gasteiger partial charge < -0.3 is 24.0 Å². The average Bonchev–Trinajstić information content (AvgIpc) is 2.88. The number of carbonyl (C=O) groups is 1. The Morgan fingerprint density at radius 1 is 0.848 bits per heavy atom. The molecule has 0 unspecified atom stereocenters. The Balaban J connectivity index is 1.50. The molecule has 0 radical (unpaired) electrons. The third-order valence-electron chi connectivity index (χ3n) is 5.59. The first-order valence-corrected chi connectivity index (χ1v) is 10.6. The maximum atomic E-state index is 13.2. The number of hydrogen-bond donors (Lipinski definition) is 0. The van der Waals surface area contributed by atoms with Crippen LogP contribution in [0.25, 0.3) is 5.69 Å². The summed E-state index contributed by atoms with van der Waals surface area (Å²) in [7, 11) is 4.56. The lowest BCUT2D eigenvalue weighted by atomic mass is 10.1. The first kappa shape index (κ1) is 22.2. The molecule has 1 aromatic heterocycles. The molecular weight excluding hydrogens is 424 g/mol. The molecule has 33 heavy (non-hydrogen) atoms. The second kappa shape index (κ2) is 9.64. The molecule has 2 aromatic carbocycles. The Kier molecular flexibility index (Phi) is 6.48. The van der Waals surface area contributed by atoms with E-state index in [1.54, 1.807) is 23.1 Å². The number of amides is 1. The summed E-state index contributed by atoms with van der Waals surface area (Å²) in [5.41, 5.74) is 0.982. The number of benzene rings is 2. The number of para-hydroxylation sites is 1. The predicted molar refractivity (Wildman–Crippen MR) is 124 cm³/mol. The molecule has 0 aliphatic carbocycles. The van der Waals surface area contributed by atoms with Crippen LogP contribution in [0.15, 0.2) is 59.4 Å². The van der Waals surface area contributed by atoms with E-state index in [-0.39, 0.29) is 11.5 Å². The number of hydrogen-bond acceptors (Lipinski definition) is 7. The standard InChI is InChI=1S/C24H26N4O5/c1-31-19-15-17(16-20(32-2)23(19)33-3)24(30)27-13-11-26(12-14-27)21-9-10-22(29)28(25-21)18-7-5-4-6-8-18/h4-10,15-16H,11-14H2,1-3H3. The van der Waals surface area contributed by atoms with Crippen molar-refractivity contribution in [2.24, 2.45) is 0 Å². The fraction of sp³-hybridized carbons (Fsp3) is 0.292. The van der Waals surface area contributed by atoms with Crippen LogP contribution in [0.4, 0.5) is 5.82 Å². The van der Waals surface area contributed by atoms with Crippen molar-refractivity contribution < 1.29 is 19.0 Å². The fourth-order valence-corrected chi connectivity index (χ4v) is 3.85. The number of rotatable bonds is 6. The molecule has 1 saturated heterocycles. The van der Waals surface area contributed by atoms with Crippen LogP contribution >= 0.6 is 0 Å². The van der Waals surface area contributed by atoms with E-state index >= 15 is 0 Å². The molecule has 9 heteroatoms. The van der Waals surface area contributed by atoms with Crippen molar-refractivity contribution in [3.63, 3.8) is 0 Å². The summed E-state index contributed by atoms with van der Waals surface area (Å²) >= 11 is 0. The number of aromatic nitrogens is 2. The van der Waals surface area contributed by atoms with Crippen molar-refractivity contribution in [1.29, 1.82) is 0 Å². The molecule has 0 atom stereocenters. The van der Waals surface area contributed by atoms with Gasteiger partial charge >= 0.3 is 0 Å². The monoisotopic (exact) mass is 450 g/mol. The van der Waals surface area contributed by atoms with Crippen LogP contribution in [0, 0.1) is 0 Å². The fourth-order valence-electron chi connectivity index (χ4n) is 3.85. The Bertz CT molecular complexity index is 1160. The highest BCUT2D eigenvalue weighted by molar-refractivity contribution is 5.95. The van der Waals surface area contributed by atoms with Crippen LogP contribution in [0.1, 0.15) is 10.4 Å². The minimum absolute atomic E-state index is 0.115. The highest BCUT2D eigenvalue weighted by Gasteiger charge is 2.25. The quantitative estimate of drug-likeness (QED) is 0.569. The van der Waals surface area contributed by atoms with Crippen molar-refractivity contribution >= 4 is 11.7 Å². The first-order valence-electron chi connectivity index (χ1n) is 10.6. The summed E-state index contributed by atoms with van der Waals surface area (Å²) in [5, 5.41) is 4.54. The van der Waals surface area contributed by atoms with Crippen molar-refractivity contribution in [3.05, 3.63) is 70.5 Å². The Morgan fingerprint density at radius 3 is 2.06 bits per heavy atom. The van der Waals surface area contributed by atoms with Gasteiger partial charge in [-0.1, -0.05) is 18.2 Å². The van der Waals surface area contributed by atoms with Gasteiger partial charge in [0.25, 0.3) is 11.5 Å². The van der Waals surface area contributed by atoms with Crippen molar-refractivity contribution in [3.8, 4) is 22.9 Å². The van der Waals surface area contributed by atoms with Crippen LogP contribution in [0.2, 0.25) is 0 Å². The molecule has 2 heterocycles. The van der Waals surface area contributed by atoms with E-state index in [0.29, 0.717) is 60.5 Å². The molecule has 0 bridgehead atoms. The molecule has 0 N–H and O–H groups in total. The maximum absolute atomic E-state index is 13.2. The van der Waals surface area contributed by atoms with Gasteiger partial charge in [0.05, 0.1) is 27.0 Å². The van der Waals surface area contributed by atoms with Crippen molar-refractivity contribution in [2.45, 2.75) is 0 Å². The highest BCUT2D eigenvalue weighted by Crippen LogP contribution is 2.38. The molecule has 4 rings (SSSR count). The van der Waals surface area contributed by atoms with Crippen LogP contribution in [0.5, 0.6) is 17.2 Å². The minimum atomic E-state index is -0.193. The molecule has 0 spiro atoms. The molecule has 1 aliphatic rings. The predicted octanol–water partition coefficient (Wildman–Crippen LogP) is 2.22. The van der Waals surface area contributed by atoms with Crippen LogP contribution < -0.4 is 24.7 Å². The van der Waals surface area contributed by atoms with E-state index in [1.807, 2.05) is 30.3 Å². The number of anilines is 1. The van der Waals surface area contributed by atoms with Crippen LogP contribution in [0.3, 0.4) is 0 Å². The summed E-state index contributed by atoms with van der Waals surface area (Å²) in [4.78, 5) is 29.3. The second-order valence-corrected chi connectivity index (χ2v) is 7.47. The summed E-state index contributed by atoms with van der Waals surface area (Å²) in [6, 6.07) is 15.9. The number of ether oxygens (including phenoxy) is 3. The van der Waals surface area contributed by atoms with Gasteiger partial charge in [-0.25, -0.2) is 0 Å². The minimum Gasteiger partial charge on any atom is -0.493 e. The average molecular weight is 450 g/mol. The largest absolute Gasteiger partial charge is 0.493 e. The number of nitrogens with zero attached hydrogens (tertiary/aromatic N) is 4. The third kappa shape index (κ3) is 4.48. The molecular formula is C24H26N4O5. The number of carbonyl (C=O) groups excluding carboxylic acids is 1. The summed E-state index contributed by atoms with van der Waals surface area (Å²) in [6.07, 6.45) is 0. The molecule has 172 valence electrons. The molecule has 9 nitrogen and oxygen atoms in total. The Morgan fingerprint density at radius 2 is 1.48 bits per heavy atom. The van der Waals surface area contributed by atoms with Gasteiger partial charge in [-0.05, 0) is 30.3 Å². The number of methoxy groups -OCH3 is 3. The summed E-state index contributed by atoms with van der Waals surface area (Å²) in [6.45, 7) is 2.22. The zero-order chi connectivity index (χ0) is 23.4. The molecule has 3 aromatic rings. The SMILES string of the molecule is COc1cc(C(=O)N2CCN(c3ccc(=O)n(-c4ccccc4)n3)CC2)cc(OC)c1OC. The topological polar surface area (TPSA) is 86.1 Å². The van der Waals surface area contributed by atoms with Crippen LogP contribution in [-0.2, 0) is 0 Å². The summed E-state index contributed by atoms with van der Waals surface area (Å²) in [5.74, 6) is 1.90. The van der Waals surface area contributed by atoms with E-state index in [1.165, 1.54) is 32.1 Å². The molecule has 1 fully saturated rings. The van der Waals surface area contributed by atoms with Gasteiger partial charge in [0.1, 0.15) is 5.82 Å². The van der Waals surface area contributed by atoms with Crippen molar-refractivity contribution in [1.82, 2.24) is 14.7 Å². The van der Waals surface area contributed by atoms with Crippen LogP contribution in [-0.4, -0.2) is 68.1 Å². The van der Waals surface area contributed by atoms with Gasteiger partial charge in [0.2, 0.25) is 5.75 Å². The van der Waals surface area contributed by atoms with E-state index < -0.39 is 0 Å². The van der Waals surface area contributed by atoms with E-state index in [9.17, 15) is 9.59 Å². The smallest absolute Gasteiger partial charge is 0.271 e. The lowest BCUT2D eigenvalue weighted by molar-refractivity contribution is 0.0745. The van der Waals surface area contributed by atoms with Crippen molar-refractivity contribution in [2.75, 3.05) is 52.4 Å². The van der Waals surface area contributed by atoms with Gasteiger partial charge in [0, 0.05) is 37.8 Å². The van der Waals surface area contributed by atoms with Gasteiger partial charge in [-0.3, -0.25) is 9.59 Å². The molecule has 0 saturated carbocycles. The Hall–Kier alpha value is -4.01. The molecule has 1 amide bonds. The lowest BCUT2D eigenvalue weighted by Crippen LogP contribution is -2.49. The van der Waals surface area contributed by atoms with Gasteiger partial charge in [-0.2, -0.15) is 4.68 Å². The molecule has 1 aliphatic heterocycles.